The highest BCUT2D eigenvalue weighted by Gasteiger charge is 2.55. The summed E-state index contributed by atoms with van der Waals surface area (Å²) in [4.78, 5) is 31.0. The Labute approximate surface area is 194 Å². The molecule has 2 unspecified atom stereocenters. The number of carbonyl (C=O) groups excluding carboxylic acids is 2. The standard InChI is InChI=1S/C28H42N2O2/c1-21(2)19-26(31)30-18-12-6-4-3-5-11-17-29(20-22-13-7-10-16-25(22)30)28(32)27-23-14-8-9-15-24(23)27/h7,10,13,16,21,23-24,27H,3-6,8-9,11-12,14-15,17-20H2,1-2H3. The summed E-state index contributed by atoms with van der Waals surface area (Å²) < 4.78 is 0. The summed E-state index contributed by atoms with van der Waals surface area (Å²) in [5.41, 5.74) is 2.14. The molecule has 0 bridgehead atoms. The van der Waals surface area contributed by atoms with Gasteiger partial charge in [0.25, 0.3) is 0 Å². The molecule has 4 nitrogen and oxygen atoms in total. The number of hydrogen-bond acceptors (Lipinski definition) is 2. The van der Waals surface area contributed by atoms with Gasteiger partial charge >= 0.3 is 0 Å². The lowest BCUT2D eigenvalue weighted by molar-refractivity contribution is -0.134. The fourth-order valence-corrected chi connectivity index (χ4v) is 6.07. The number of fused-ring (bicyclic) bond motifs is 2. The third-order valence-corrected chi connectivity index (χ3v) is 7.84. The van der Waals surface area contributed by atoms with Crippen molar-refractivity contribution in [2.75, 3.05) is 18.0 Å². The first-order valence-electron chi connectivity index (χ1n) is 13.2. The van der Waals surface area contributed by atoms with Crippen molar-refractivity contribution in [3.8, 4) is 0 Å². The maximum absolute atomic E-state index is 13.6. The van der Waals surface area contributed by atoms with E-state index < -0.39 is 0 Å². The fraction of sp³-hybridized carbons (Fsp3) is 0.714. The van der Waals surface area contributed by atoms with Gasteiger partial charge in [0.15, 0.2) is 0 Å². The van der Waals surface area contributed by atoms with Gasteiger partial charge in [-0.2, -0.15) is 0 Å². The van der Waals surface area contributed by atoms with Crippen molar-refractivity contribution in [1.29, 1.82) is 0 Å². The maximum Gasteiger partial charge on any atom is 0.227 e. The van der Waals surface area contributed by atoms with Crippen molar-refractivity contribution in [2.45, 2.75) is 91.0 Å². The van der Waals surface area contributed by atoms with Crippen molar-refractivity contribution in [3.05, 3.63) is 29.8 Å². The van der Waals surface area contributed by atoms with Gasteiger partial charge < -0.3 is 9.80 Å². The quantitative estimate of drug-likeness (QED) is 0.565. The lowest BCUT2D eigenvalue weighted by atomic mass is 10.0. The molecule has 0 saturated heterocycles. The van der Waals surface area contributed by atoms with Crippen LogP contribution >= 0.6 is 0 Å². The number of hydrogen-bond donors (Lipinski definition) is 0. The Morgan fingerprint density at radius 1 is 0.875 bits per heavy atom. The summed E-state index contributed by atoms with van der Waals surface area (Å²) >= 11 is 0. The summed E-state index contributed by atoms with van der Waals surface area (Å²) in [6.45, 7) is 6.49. The van der Waals surface area contributed by atoms with E-state index in [0.29, 0.717) is 36.6 Å². The Balaban J connectivity index is 1.58. The van der Waals surface area contributed by atoms with Crippen molar-refractivity contribution in [2.24, 2.45) is 23.7 Å². The molecule has 0 radical (unpaired) electrons. The molecule has 2 saturated carbocycles. The zero-order valence-corrected chi connectivity index (χ0v) is 20.2. The van der Waals surface area contributed by atoms with Crippen LogP contribution in [0, 0.1) is 23.7 Å². The van der Waals surface area contributed by atoms with Crippen LogP contribution in [0.15, 0.2) is 24.3 Å². The largest absolute Gasteiger partial charge is 0.338 e. The predicted molar refractivity (Wildman–Crippen MR) is 130 cm³/mol. The second-order valence-corrected chi connectivity index (χ2v) is 10.8. The molecule has 2 atom stereocenters. The van der Waals surface area contributed by atoms with Crippen LogP contribution in [0.2, 0.25) is 0 Å². The van der Waals surface area contributed by atoms with E-state index in [1.165, 1.54) is 51.4 Å². The van der Waals surface area contributed by atoms with Gasteiger partial charge in [-0.3, -0.25) is 9.59 Å². The minimum Gasteiger partial charge on any atom is -0.338 e. The molecule has 3 aliphatic rings. The molecular weight excluding hydrogens is 396 g/mol. The van der Waals surface area contributed by atoms with E-state index in [0.717, 1.165) is 37.2 Å². The Morgan fingerprint density at radius 2 is 1.50 bits per heavy atom. The normalized spacial score (nSPS) is 26.9. The highest BCUT2D eigenvalue weighted by atomic mass is 16.2. The first-order chi connectivity index (χ1) is 15.6. The molecule has 4 rings (SSSR count). The molecule has 2 fully saturated rings. The summed E-state index contributed by atoms with van der Waals surface area (Å²) in [5.74, 6) is 2.48. The average molecular weight is 439 g/mol. The van der Waals surface area contributed by atoms with Gasteiger partial charge in [-0.1, -0.05) is 70.6 Å². The number of carbonyl (C=O) groups is 2. The van der Waals surface area contributed by atoms with Gasteiger partial charge in [0.2, 0.25) is 11.8 Å². The number of benzene rings is 1. The molecule has 0 aromatic heterocycles. The van der Waals surface area contributed by atoms with Gasteiger partial charge in [0.1, 0.15) is 0 Å². The monoisotopic (exact) mass is 438 g/mol. The zero-order valence-electron chi connectivity index (χ0n) is 20.2. The van der Waals surface area contributed by atoms with Gasteiger partial charge in [-0.25, -0.2) is 0 Å². The number of amides is 2. The Morgan fingerprint density at radius 3 is 2.19 bits per heavy atom. The van der Waals surface area contributed by atoms with E-state index in [4.69, 9.17) is 0 Å². The van der Waals surface area contributed by atoms with Crippen LogP contribution in [0.3, 0.4) is 0 Å². The zero-order chi connectivity index (χ0) is 22.5. The number of anilines is 1. The molecule has 0 N–H and O–H groups in total. The second kappa shape index (κ2) is 10.9. The van der Waals surface area contributed by atoms with Gasteiger partial charge in [-0.05, 0) is 55.1 Å². The maximum atomic E-state index is 13.6. The van der Waals surface area contributed by atoms with E-state index in [9.17, 15) is 9.59 Å². The molecule has 1 aliphatic heterocycles. The van der Waals surface area contributed by atoms with E-state index >= 15 is 0 Å². The predicted octanol–water partition coefficient (Wildman–Crippen LogP) is 6.18. The Hall–Kier alpha value is -1.84. The summed E-state index contributed by atoms with van der Waals surface area (Å²) in [7, 11) is 0. The van der Waals surface area contributed by atoms with Crippen LogP contribution < -0.4 is 4.90 Å². The molecular formula is C28H42N2O2. The van der Waals surface area contributed by atoms with Crippen molar-refractivity contribution in [1.82, 2.24) is 4.90 Å². The topological polar surface area (TPSA) is 40.6 Å². The van der Waals surface area contributed by atoms with Crippen molar-refractivity contribution >= 4 is 17.5 Å². The van der Waals surface area contributed by atoms with E-state index in [2.05, 4.69) is 36.9 Å². The highest BCUT2D eigenvalue weighted by Crippen LogP contribution is 2.56. The van der Waals surface area contributed by atoms with Crippen LogP contribution in [0.1, 0.15) is 90.0 Å². The van der Waals surface area contributed by atoms with Crippen LogP contribution in [-0.4, -0.2) is 29.8 Å². The van der Waals surface area contributed by atoms with Crippen molar-refractivity contribution < 1.29 is 9.59 Å². The molecule has 176 valence electrons. The lowest BCUT2D eigenvalue weighted by Gasteiger charge is -2.29. The molecule has 1 aromatic rings. The molecule has 2 amide bonds. The van der Waals surface area contributed by atoms with Crippen LogP contribution in [-0.2, 0) is 16.1 Å². The van der Waals surface area contributed by atoms with Crippen LogP contribution in [0.25, 0.3) is 0 Å². The smallest absolute Gasteiger partial charge is 0.227 e. The summed E-state index contributed by atoms with van der Waals surface area (Å²) in [6, 6.07) is 8.31. The van der Waals surface area contributed by atoms with Gasteiger partial charge in [0.05, 0.1) is 0 Å². The van der Waals surface area contributed by atoms with E-state index in [1.807, 2.05) is 11.0 Å². The number of rotatable bonds is 3. The Kier molecular flexibility index (Phi) is 7.91. The fourth-order valence-electron chi connectivity index (χ4n) is 6.07. The molecule has 1 heterocycles. The number of para-hydroxylation sites is 1. The SMILES string of the molecule is CC(C)CC(=O)N1CCCCCCCCN(C(=O)C2C3CCCCC32)Cc2ccccc21. The van der Waals surface area contributed by atoms with E-state index in [-0.39, 0.29) is 11.8 Å². The number of nitrogens with zero attached hydrogens (tertiary/aromatic N) is 2. The molecule has 0 spiro atoms. The molecule has 2 aliphatic carbocycles. The van der Waals surface area contributed by atoms with Gasteiger partial charge in [0, 0.05) is 37.7 Å². The second-order valence-electron chi connectivity index (χ2n) is 10.8. The molecule has 4 heteroatoms. The van der Waals surface area contributed by atoms with Crippen molar-refractivity contribution in [3.63, 3.8) is 0 Å². The van der Waals surface area contributed by atoms with E-state index in [1.54, 1.807) is 0 Å². The van der Waals surface area contributed by atoms with Crippen LogP contribution in [0.4, 0.5) is 5.69 Å². The third kappa shape index (κ3) is 5.55. The highest BCUT2D eigenvalue weighted by molar-refractivity contribution is 5.94. The molecule has 1 aromatic carbocycles. The lowest BCUT2D eigenvalue weighted by Crippen LogP contribution is -2.36. The summed E-state index contributed by atoms with van der Waals surface area (Å²) in [6.07, 6.45) is 12.6. The minimum atomic E-state index is 0.216. The minimum absolute atomic E-state index is 0.216. The first-order valence-corrected chi connectivity index (χ1v) is 13.2. The van der Waals surface area contributed by atoms with Crippen LogP contribution in [0.5, 0.6) is 0 Å². The Bertz CT molecular complexity index is 777. The third-order valence-electron chi connectivity index (χ3n) is 7.84. The average Bonchev–Trinajstić information content (AvgIpc) is 3.50. The molecule has 32 heavy (non-hydrogen) atoms. The van der Waals surface area contributed by atoms with Gasteiger partial charge in [-0.15, -0.1) is 0 Å². The summed E-state index contributed by atoms with van der Waals surface area (Å²) in [5, 5.41) is 0. The first kappa shape index (κ1) is 23.3.